The van der Waals surface area contributed by atoms with Gasteiger partial charge >= 0.3 is 0 Å². The minimum absolute atomic E-state index is 0.0458. The lowest BCUT2D eigenvalue weighted by Gasteiger charge is -2.22. The monoisotopic (exact) mass is 309 g/mol. The van der Waals surface area contributed by atoms with Crippen molar-refractivity contribution in [1.82, 2.24) is 10.1 Å². The van der Waals surface area contributed by atoms with Crippen LogP contribution in [0.2, 0.25) is 0 Å². The van der Waals surface area contributed by atoms with E-state index < -0.39 is 0 Å². The summed E-state index contributed by atoms with van der Waals surface area (Å²) in [5.74, 6) is 0.824. The van der Waals surface area contributed by atoms with Crippen molar-refractivity contribution in [3.63, 3.8) is 0 Å². The summed E-state index contributed by atoms with van der Waals surface area (Å²) in [6.45, 7) is 6.62. The number of nitrogens with one attached hydrogen (secondary N) is 1. The topological polar surface area (TPSA) is 75.4 Å². The van der Waals surface area contributed by atoms with Gasteiger partial charge in [0.1, 0.15) is 5.76 Å². The van der Waals surface area contributed by atoms with Gasteiger partial charge in [-0.3, -0.25) is 9.59 Å². The summed E-state index contributed by atoms with van der Waals surface area (Å²) < 4.78 is 4.91. The van der Waals surface area contributed by atoms with Crippen LogP contribution in [0, 0.1) is 6.92 Å². The molecule has 0 radical (unpaired) electrons. The number of hydrogen-bond donors (Lipinski definition) is 1. The number of anilines is 1. The Balaban J connectivity index is 2.53. The molecular formula is C16H27N3O3. The molecule has 124 valence electrons. The second-order valence-corrected chi connectivity index (χ2v) is 5.50. The van der Waals surface area contributed by atoms with Gasteiger partial charge in [0.2, 0.25) is 11.8 Å². The van der Waals surface area contributed by atoms with Crippen molar-refractivity contribution in [1.29, 1.82) is 0 Å². The molecular weight excluding hydrogens is 282 g/mol. The highest BCUT2D eigenvalue weighted by Crippen LogP contribution is 2.08. The van der Waals surface area contributed by atoms with E-state index in [0.717, 1.165) is 32.1 Å². The van der Waals surface area contributed by atoms with Gasteiger partial charge in [-0.15, -0.1) is 0 Å². The van der Waals surface area contributed by atoms with E-state index in [1.54, 1.807) is 17.9 Å². The third-order valence-electron chi connectivity index (χ3n) is 3.36. The molecule has 0 saturated carbocycles. The van der Waals surface area contributed by atoms with E-state index in [2.05, 4.69) is 17.4 Å². The number of unbranched alkanes of at least 4 members (excludes halogenated alkanes) is 3. The summed E-state index contributed by atoms with van der Waals surface area (Å²) in [6.07, 6.45) is 5.39. The first kappa shape index (κ1) is 18.2. The van der Waals surface area contributed by atoms with Crippen LogP contribution in [0.15, 0.2) is 10.6 Å². The summed E-state index contributed by atoms with van der Waals surface area (Å²) in [7, 11) is 0. The lowest BCUT2D eigenvalue weighted by molar-refractivity contribution is -0.134. The van der Waals surface area contributed by atoms with Gasteiger partial charge in [-0.1, -0.05) is 38.3 Å². The largest absolute Gasteiger partial charge is 0.360 e. The SMILES string of the molecule is CCCCCN(CC(=O)Nc1cc(C)on1)C(=O)CCCC. The molecule has 1 heterocycles. The highest BCUT2D eigenvalue weighted by atomic mass is 16.5. The molecule has 0 saturated heterocycles. The minimum atomic E-state index is -0.241. The standard InChI is InChI=1S/C16H27N3O3/c1-4-6-8-10-19(16(21)9-7-5-2)12-15(20)17-14-11-13(3)22-18-14/h11H,4-10,12H2,1-3H3,(H,17,18,20). The third-order valence-corrected chi connectivity index (χ3v) is 3.36. The molecule has 2 amide bonds. The van der Waals surface area contributed by atoms with Crippen LogP contribution in [-0.2, 0) is 9.59 Å². The minimum Gasteiger partial charge on any atom is -0.360 e. The van der Waals surface area contributed by atoms with Crippen molar-refractivity contribution in [2.24, 2.45) is 0 Å². The average Bonchev–Trinajstić information content (AvgIpc) is 2.88. The van der Waals surface area contributed by atoms with E-state index >= 15 is 0 Å². The smallest absolute Gasteiger partial charge is 0.245 e. The number of amides is 2. The number of carbonyl (C=O) groups excluding carboxylic acids is 2. The van der Waals surface area contributed by atoms with E-state index in [0.29, 0.717) is 24.5 Å². The maximum atomic E-state index is 12.2. The van der Waals surface area contributed by atoms with Gasteiger partial charge < -0.3 is 14.7 Å². The predicted octanol–water partition coefficient (Wildman–Crippen LogP) is 3.13. The molecule has 6 nitrogen and oxygen atoms in total. The van der Waals surface area contributed by atoms with Crippen molar-refractivity contribution in [3.8, 4) is 0 Å². The number of hydrogen-bond acceptors (Lipinski definition) is 4. The fraction of sp³-hybridized carbons (Fsp3) is 0.688. The quantitative estimate of drug-likeness (QED) is 0.674. The Morgan fingerprint density at radius 3 is 2.55 bits per heavy atom. The van der Waals surface area contributed by atoms with E-state index in [4.69, 9.17) is 4.52 Å². The molecule has 6 heteroatoms. The molecule has 0 atom stereocenters. The van der Waals surface area contributed by atoms with Gasteiger partial charge in [-0.2, -0.15) is 0 Å². The fourth-order valence-electron chi connectivity index (χ4n) is 2.11. The molecule has 0 bridgehead atoms. The molecule has 0 aromatic carbocycles. The zero-order valence-electron chi connectivity index (χ0n) is 13.9. The van der Waals surface area contributed by atoms with E-state index in [1.807, 2.05) is 6.92 Å². The van der Waals surface area contributed by atoms with Gasteiger partial charge in [0.25, 0.3) is 0 Å². The average molecular weight is 309 g/mol. The number of rotatable bonds is 10. The van der Waals surface area contributed by atoms with Crippen molar-refractivity contribution in [2.45, 2.75) is 59.3 Å². The first-order valence-electron chi connectivity index (χ1n) is 8.07. The summed E-state index contributed by atoms with van der Waals surface area (Å²) in [5.41, 5.74) is 0. The van der Waals surface area contributed by atoms with Crippen molar-refractivity contribution < 1.29 is 14.1 Å². The molecule has 0 unspecified atom stereocenters. The number of nitrogens with zero attached hydrogens (tertiary/aromatic N) is 2. The van der Waals surface area contributed by atoms with Gasteiger partial charge in [-0.25, -0.2) is 0 Å². The number of carbonyl (C=O) groups is 2. The van der Waals surface area contributed by atoms with Gasteiger partial charge in [0.15, 0.2) is 5.82 Å². The van der Waals surface area contributed by atoms with Crippen molar-refractivity contribution >= 4 is 17.6 Å². The van der Waals surface area contributed by atoms with Gasteiger partial charge in [0.05, 0.1) is 6.54 Å². The van der Waals surface area contributed by atoms with Crippen LogP contribution in [-0.4, -0.2) is 35.0 Å². The normalized spacial score (nSPS) is 10.5. The highest BCUT2D eigenvalue weighted by molar-refractivity contribution is 5.93. The first-order chi connectivity index (χ1) is 10.6. The lowest BCUT2D eigenvalue weighted by atomic mass is 10.2. The Morgan fingerprint density at radius 1 is 1.23 bits per heavy atom. The van der Waals surface area contributed by atoms with Crippen molar-refractivity contribution in [3.05, 3.63) is 11.8 Å². The molecule has 1 N–H and O–H groups in total. The zero-order chi connectivity index (χ0) is 16.4. The fourth-order valence-corrected chi connectivity index (χ4v) is 2.11. The van der Waals surface area contributed by atoms with Crippen LogP contribution in [0.5, 0.6) is 0 Å². The molecule has 0 aliphatic carbocycles. The predicted molar refractivity (Wildman–Crippen MR) is 85.5 cm³/mol. The lowest BCUT2D eigenvalue weighted by Crippen LogP contribution is -2.38. The molecule has 1 aromatic rings. The molecule has 22 heavy (non-hydrogen) atoms. The van der Waals surface area contributed by atoms with Crippen LogP contribution >= 0.6 is 0 Å². The summed E-state index contributed by atoms with van der Waals surface area (Å²) in [6, 6.07) is 1.65. The van der Waals surface area contributed by atoms with Gasteiger partial charge in [-0.05, 0) is 19.8 Å². The van der Waals surface area contributed by atoms with Crippen LogP contribution in [0.3, 0.4) is 0 Å². The highest BCUT2D eigenvalue weighted by Gasteiger charge is 2.17. The Labute approximate surface area is 132 Å². The van der Waals surface area contributed by atoms with Crippen LogP contribution < -0.4 is 5.32 Å². The van der Waals surface area contributed by atoms with Crippen LogP contribution in [0.25, 0.3) is 0 Å². The second-order valence-electron chi connectivity index (χ2n) is 5.50. The van der Waals surface area contributed by atoms with Crippen LogP contribution in [0.1, 0.15) is 58.1 Å². The Morgan fingerprint density at radius 2 is 1.95 bits per heavy atom. The number of aryl methyl sites for hydroxylation is 1. The zero-order valence-corrected chi connectivity index (χ0v) is 13.9. The summed E-state index contributed by atoms with van der Waals surface area (Å²) >= 11 is 0. The van der Waals surface area contributed by atoms with Gasteiger partial charge in [0, 0.05) is 19.0 Å². The molecule has 1 rings (SSSR count). The molecule has 0 aliphatic rings. The third kappa shape index (κ3) is 6.74. The molecule has 0 fully saturated rings. The number of aromatic nitrogens is 1. The Kier molecular flexibility index (Phi) is 8.25. The summed E-state index contributed by atoms with van der Waals surface area (Å²) in [5, 5.41) is 6.38. The Bertz CT molecular complexity index is 471. The molecule has 1 aromatic heterocycles. The van der Waals surface area contributed by atoms with Crippen LogP contribution in [0.4, 0.5) is 5.82 Å². The molecule has 0 aliphatic heterocycles. The molecule has 0 spiro atoms. The maximum Gasteiger partial charge on any atom is 0.245 e. The maximum absolute atomic E-state index is 12.2. The van der Waals surface area contributed by atoms with Crippen molar-refractivity contribution in [2.75, 3.05) is 18.4 Å². The van der Waals surface area contributed by atoms with E-state index in [9.17, 15) is 9.59 Å². The first-order valence-corrected chi connectivity index (χ1v) is 8.07. The second kappa shape index (κ2) is 9.97. The van der Waals surface area contributed by atoms with E-state index in [1.165, 1.54) is 0 Å². The Hall–Kier alpha value is -1.85. The van der Waals surface area contributed by atoms with E-state index in [-0.39, 0.29) is 18.4 Å². The summed E-state index contributed by atoms with van der Waals surface area (Å²) in [4.78, 5) is 25.9.